The van der Waals surface area contributed by atoms with Crippen LogP contribution in [-0.2, 0) is 4.79 Å². The molecule has 3 aliphatic rings. The van der Waals surface area contributed by atoms with Crippen molar-refractivity contribution >= 4 is 17.5 Å². The number of fused-ring (bicyclic) bond motifs is 4. The summed E-state index contributed by atoms with van der Waals surface area (Å²) >= 11 is 0. The number of aromatic nitrogens is 3. The van der Waals surface area contributed by atoms with Gasteiger partial charge in [0.25, 0.3) is 5.91 Å². The molecule has 23 heavy (non-hydrogen) atoms. The van der Waals surface area contributed by atoms with Gasteiger partial charge in [-0.1, -0.05) is 0 Å². The second-order valence-electron chi connectivity index (χ2n) is 6.77. The fourth-order valence-corrected chi connectivity index (χ4v) is 3.99. The summed E-state index contributed by atoms with van der Waals surface area (Å²) in [6.45, 7) is 0. The van der Waals surface area contributed by atoms with Crippen LogP contribution in [0.15, 0.2) is 24.7 Å². The molecule has 0 atom stereocenters. The lowest BCUT2D eigenvalue weighted by atomic mass is 9.57. The lowest BCUT2D eigenvalue weighted by molar-refractivity contribution is -0.156. The Bertz CT molecular complexity index is 773. The smallest absolute Gasteiger partial charge is 0.309 e. The molecular weight excluding hydrogens is 296 g/mol. The largest absolute Gasteiger partial charge is 0.481 e. The van der Waals surface area contributed by atoms with Gasteiger partial charge in [-0.3, -0.25) is 9.59 Å². The Morgan fingerprint density at radius 3 is 2.52 bits per heavy atom. The zero-order chi connectivity index (χ0) is 16.1. The van der Waals surface area contributed by atoms with Crippen molar-refractivity contribution in [1.29, 1.82) is 0 Å². The van der Waals surface area contributed by atoms with Crippen molar-refractivity contribution in [3.63, 3.8) is 0 Å². The minimum Gasteiger partial charge on any atom is -0.481 e. The zero-order valence-electron chi connectivity index (χ0n) is 12.7. The van der Waals surface area contributed by atoms with E-state index < -0.39 is 11.4 Å². The summed E-state index contributed by atoms with van der Waals surface area (Å²) in [5, 5.41) is 16.7. The average molecular weight is 314 g/mol. The topological polar surface area (TPSA) is 96.6 Å². The number of aliphatic carboxylic acids is 1. The van der Waals surface area contributed by atoms with Gasteiger partial charge in [0, 0.05) is 17.9 Å². The SMILES string of the molecule is O=C(NC12CCC(C(=O)O)(CC1)CC2)c1cnn2cccnc12. The van der Waals surface area contributed by atoms with Crippen LogP contribution in [0.25, 0.3) is 5.65 Å². The summed E-state index contributed by atoms with van der Waals surface area (Å²) in [6, 6.07) is 1.76. The van der Waals surface area contributed by atoms with E-state index in [1.165, 1.54) is 6.20 Å². The molecule has 0 radical (unpaired) electrons. The Hall–Kier alpha value is -2.44. The Balaban J connectivity index is 1.55. The van der Waals surface area contributed by atoms with E-state index in [0.717, 1.165) is 19.3 Å². The molecular formula is C16H18N4O3. The first-order valence-corrected chi connectivity index (χ1v) is 7.88. The van der Waals surface area contributed by atoms with E-state index in [9.17, 15) is 14.7 Å². The molecule has 2 bridgehead atoms. The average Bonchev–Trinajstić information content (AvgIpc) is 3.00. The molecule has 0 aromatic carbocycles. The van der Waals surface area contributed by atoms with E-state index in [4.69, 9.17) is 0 Å². The van der Waals surface area contributed by atoms with E-state index in [0.29, 0.717) is 30.5 Å². The standard InChI is InChI=1S/C16H18N4O3/c21-13(11-10-18-20-9-1-8-17-12(11)20)19-16-5-2-15(3-6-16,4-7-16)14(22)23/h1,8-10H,2-7H2,(H,19,21)(H,22,23). The molecule has 1 amide bonds. The fraction of sp³-hybridized carbons (Fsp3) is 0.500. The summed E-state index contributed by atoms with van der Waals surface area (Å²) in [4.78, 5) is 28.4. The number of carboxylic acids is 1. The summed E-state index contributed by atoms with van der Waals surface area (Å²) in [5.74, 6) is -0.868. The van der Waals surface area contributed by atoms with Gasteiger partial charge in [0.05, 0.1) is 11.6 Å². The Kier molecular flexibility index (Phi) is 2.94. The van der Waals surface area contributed by atoms with Gasteiger partial charge in [0.1, 0.15) is 5.56 Å². The first-order chi connectivity index (χ1) is 11.0. The highest BCUT2D eigenvalue weighted by atomic mass is 16.4. The minimum atomic E-state index is -0.691. The van der Waals surface area contributed by atoms with Crippen LogP contribution in [0.4, 0.5) is 0 Å². The first-order valence-electron chi connectivity index (χ1n) is 7.88. The van der Waals surface area contributed by atoms with Crippen LogP contribution in [0.3, 0.4) is 0 Å². The van der Waals surface area contributed by atoms with Crippen LogP contribution in [0.2, 0.25) is 0 Å². The quantitative estimate of drug-likeness (QED) is 0.897. The van der Waals surface area contributed by atoms with Gasteiger partial charge < -0.3 is 10.4 Å². The number of carboxylic acid groups (broad SMARTS) is 1. The molecule has 5 rings (SSSR count). The molecule has 3 fully saturated rings. The molecule has 120 valence electrons. The second-order valence-corrected chi connectivity index (χ2v) is 6.77. The van der Waals surface area contributed by atoms with Gasteiger partial charge in [0.2, 0.25) is 0 Å². The Morgan fingerprint density at radius 1 is 1.17 bits per heavy atom. The van der Waals surface area contributed by atoms with Crippen LogP contribution in [0.5, 0.6) is 0 Å². The Morgan fingerprint density at radius 2 is 1.87 bits per heavy atom. The number of rotatable bonds is 3. The zero-order valence-corrected chi connectivity index (χ0v) is 12.7. The van der Waals surface area contributed by atoms with E-state index >= 15 is 0 Å². The number of carbonyl (C=O) groups is 2. The molecule has 2 aromatic rings. The maximum absolute atomic E-state index is 12.7. The highest BCUT2D eigenvalue weighted by Crippen LogP contribution is 2.52. The third-order valence-corrected chi connectivity index (χ3v) is 5.60. The number of nitrogens with zero attached hydrogens (tertiary/aromatic N) is 3. The predicted octanol–water partition coefficient (Wildman–Crippen LogP) is 1.64. The molecule has 7 nitrogen and oxygen atoms in total. The van der Waals surface area contributed by atoms with Crippen molar-refractivity contribution < 1.29 is 14.7 Å². The van der Waals surface area contributed by atoms with E-state index in [1.54, 1.807) is 23.0 Å². The van der Waals surface area contributed by atoms with Crippen molar-refractivity contribution in [3.05, 3.63) is 30.2 Å². The molecule has 3 saturated carbocycles. The van der Waals surface area contributed by atoms with E-state index in [1.807, 2.05) is 0 Å². The molecule has 2 heterocycles. The number of amides is 1. The van der Waals surface area contributed by atoms with Crippen molar-refractivity contribution in [1.82, 2.24) is 19.9 Å². The maximum Gasteiger partial charge on any atom is 0.309 e. The molecule has 0 unspecified atom stereocenters. The van der Waals surface area contributed by atoms with Crippen LogP contribution >= 0.6 is 0 Å². The maximum atomic E-state index is 12.7. The second kappa shape index (κ2) is 4.78. The monoisotopic (exact) mass is 314 g/mol. The van der Waals surface area contributed by atoms with Crippen LogP contribution in [0, 0.1) is 5.41 Å². The van der Waals surface area contributed by atoms with Gasteiger partial charge in [0.15, 0.2) is 5.65 Å². The Labute approximate surface area is 132 Å². The number of nitrogens with one attached hydrogen (secondary N) is 1. The summed E-state index contributed by atoms with van der Waals surface area (Å²) < 4.78 is 1.57. The van der Waals surface area contributed by atoms with Gasteiger partial charge in [-0.25, -0.2) is 9.50 Å². The highest BCUT2D eigenvalue weighted by molar-refractivity contribution is 6.00. The predicted molar refractivity (Wildman–Crippen MR) is 81.0 cm³/mol. The molecule has 0 spiro atoms. The van der Waals surface area contributed by atoms with Crippen molar-refractivity contribution in [2.45, 2.75) is 44.1 Å². The molecule has 0 aliphatic heterocycles. The molecule has 2 aromatic heterocycles. The first kappa shape index (κ1) is 14.2. The molecule has 3 aliphatic carbocycles. The molecule has 7 heteroatoms. The third kappa shape index (κ3) is 2.10. The lowest BCUT2D eigenvalue weighted by Crippen LogP contribution is -2.58. The summed E-state index contributed by atoms with van der Waals surface area (Å²) in [6.07, 6.45) is 8.98. The van der Waals surface area contributed by atoms with E-state index in [-0.39, 0.29) is 11.4 Å². The van der Waals surface area contributed by atoms with Crippen molar-refractivity contribution in [3.8, 4) is 0 Å². The molecule has 0 saturated heterocycles. The van der Waals surface area contributed by atoms with Crippen LogP contribution in [-0.4, -0.2) is 37.1 Å². The lowest BCUT2D eigenvalue weighted by Gasteiger charge is -2.51. The fourth-order valence-electron chi connectivity index (χ4n) is 3.99. The highest BCUT2D eigenvalue weighted by Gasteiger charge is 2.53. The molecule has 2 N–H and O–H groups in total. The third-order valence-electron chi connectivity index (χ3n) is 5.60. The van der Waals surface area contributed by atoms with Gasteiger partial charge >= 0.3 is 5.97 Å². The number of hydrogen-bond acceptors (Lipinski definition) is 4. The van der Waals surface area contributed by atoms with Crippen molar-refractivity contribution in [2.75, 3.05) is 0 Å². The summed E-state index contributed by atoms with van der Waals surface area (Å²) in [5.41, 5.74) is 0.143. The summed E-state index contributed by atoms with van der Waals surface area (Å²) in [7, 11) is 0. The normalized spacial score (nSPS) is 29.6. The van der Waals surface area contributed by atoms with Crippen LogP contribution < -0.4 is 5.32 Å². The van der Waals surface area contributed by atoms with Gasteiger partial charge in [-0.2, -0.15) is 5.10 Å². The van der Waals surface area contributed by atoms with E-state index in [2.05, 4.69) is 15.4 Å². The number of hydrogen-bond donors (Lipinski definition) is 2. The van der Waals surface area contributed by atoms with Crippen molar-refractivity contribution in [2.24, 2.45) is 5.41 Å². The van der Waals surface area contributed by atoms with Gasteiger partial charge in [-0.05, 0) is 44.6 Å². The number of carbonyl (C=O) groups excluding carboxylic acids is 1. The minimum absolute atomic E-state index is 0.177. The van der Waals surface area contributed by atoms with Crippen LogP contribution in [0.1, 0.15) is 48.9 Å². The van der Waals surface area contributed by atoms with Gasteiger partial charge in [-0.15, -0.1) is 0 Å².